The average molecular weight is 1020 g/mol. The molecule has 7 unspecified atom stereocenters. The molecule has 0 spiro atoms. The van der Waals surface area contributed by atoms with E-state index >= 15 is 0 Å². The number of nitrogens with one attached hydrogen (secondary N) is 1. The predicted octanol–water partition coefficient (Wildman–Crippen LogP) is 14.1. The van der Waals surface area contributed by atoms with Crippen molar-refractivity contribution in [2.45, 2.75) is 346 Å². The Bertz CT molecular complexity index is 1240. The highest BCUT2D eigenvalue weighted by molar-refractivity contribution is 7.80. The third-order valence-corrected chi connectivity index (χ3v) is 15.1. The number of ether oxygens (including phenoxy) is 2. The van der Waals surface area contributed by atoms with Crippen molar-refractivity contribution in [3.05, 3.63) is 0 Å². The van der Waals surface area contributed by atoms with Crippen LogP contribution in [-0.2, 0) is 28.9 Å². The normalized spacial score (nSPS) is 19.4. The molecule has 1 aliphatic heterocycles. The van der Waals surface area contributed by atoms with Gasteiger partial charge in [0.25, 0.3) is 0 Å². The summed E-state index contributed by atoms with van der Waals surface area (Å²) >= 11 is 0. The largest absolute Gasteiger partial charge is 0.397 e. The van der Waals surface area contributed by atoms with Crippen molar-refractivity contribution >= 4 is 16.3 Å². The lowest BCUT2D eigenvalue weighted by atomic mass is 9.99. The smallest absolute Gasteiger partial charge is 0.394 e. The third-order valence-electron chi connectivity index (χ3n) is 14.7. The van der Waals surface area contributed by atoms with E-state index in [1.807, 2.05) is 0 Å². The lowest BCUT2D eigenvalue weighted by Gasteiger charge is -2.41. The average Bonchev–Trinajstić information content (AvgIpc) is 3.33. The molecule has 1 fully saturated rings. The summed E-state index contributed by atoms with van der Waals surface area (Å²) in [4.78, 5) is 13.2. The van der Waals surface area contributed by atoms with Crippen LogP contribution < -0.4 is 5.32 Å². The zero-order valence-corrected chi connectivity index (χ0v) is 46.2. The monoisotopic (exact) mass is 1020 g/mol. The van der Waals surface area contributed by atoms with Gasteiger partial charge in [0.15, 0.2) is 6.29 Å². The molecule has 13 heteroatoms. The summed E-state index contributed by atoms with van der Waals surface area (Å²) in [5, 5.41) is 45.1. The van der Waals surface area contributed by atoms with Gasteiger partial charge in [-0.15, -0.1) is 0 Å². The summed E-state index contributed by atoms with van der Waals surface area (Å²) < 4.78 is 47.9. The Morgan fingerprint density at radius 2 is 0.829 bits per heavy atom. The number of aliphatic hydroxyl groups excluding tert-OH is 4. The number of unbranched alkanes of at least 4 members (excludes halogenated alkanes) is 41. The Balaban J connectivity index is 2.29. The summed E-state index contributed by atoms with van der Waals surface area (Å²) in [6.45, 7) is 3.51. The highest BCUT2D eigenvalue weighted by atomic mass is 32.3. The van der Waals surface area contributed by atoms with E-state index in [9.17, 15) is 38.2 Å². The van der Waals surface area contributed by atoms with Crippen molar-refractivity contribution in [1.82, 2.24) is 5.32 Å². The third kappa shape index (κ3) is 39.5. The summed E-state index contributed by atoms with van der Waals surface area (Å²) in [7, 11) is -5.08. The van der Waals surface area contributed by atoms with Gasteiger partial charge in [-0.1, -0.05) is 284 Å². The summed E-state index contributed by atoms with van der Waals surface area (Å²) in [5.41, 5.74) is 0. The molecule has 1 saturated heterocycles. The Kier molecular flexibility index (Phi) is 45.8. The molecule has 6 N–H and O–H groups in total. The molecule has 70 heavy (non-hydrogen) atoms. The number of hydrogen-bond donors (Lipinski definition) is 6. The topological polar surface area (TPSA) is 192 Å². The van der Waals surface area contributed by atoms with Crippen LogP contribution >= 0.6 is 0 Å². The number of aliphatic hydroxyl groups is 4. The van der Waals surface area contributed by atoms with Crippen molar-refractivity contribution in [1.29, 1.82) is 0 Å². The molecule has 1 rings (SSSR count). The van der Waals surface area contributed by atoms with Gasteiger partial charge >= 0.3 is 10.4 Å². The zero-order valence-electron chi connectivity index (χ0n) is 45.4. The molecular weight excluding hydrogens is 907 g/mol. The van der Waals surface area contributed by atoms with Gasteiger partial charge in [0, 0.05) is 6.42 Å². The highest BCUT2D eigenvalue weighted by Crippen LogP contribution is 2.26. The van der Waals surface area contributed by atoms with Crippen LogP contribution in [0.5, 0.6) is 0 Å². The van der Waals surface area contributed by atoms with Gasteiger partial charge in [0.1, 0.15) is 24.4 Å². The van der Waals surface area contributed by atoms with Crippen LogP contribution in [0.4, 0.5) is 0 Å². The molecule has 1 heterocycles. The molecule has 1 aliphatic rings. The number of amides is 1. The van der Waals surface area contributed by atoms with Gasteiger partial charge in [0.2, 0.25) is 5.91 Å². The predicted molar refractivity (Wildman–Crippen MR) is 287 cm³/mol. The number of carbonyl (C=O) groups excluding carboxylic acids is 1. The van der Waals surface area contributed by atoms with Crippen LogP contribution in [0.15, 0.2) is 0 Å². The summed E-state index contributed by atoms with van der Waals surface area (Å²) in [5.74, 6) is -0.222. The van der Waals surface area contributed by atoms with Gasteiger partial charge in [-0.25, -0.2) is 4.18 Å². The molecule has 0 aromatic carbocycles. The van der Waals surface area contributed by atoms with Crippen LogP contribution in [0, 0.1) is 0 Å². The second-order valence-electron chi connectivity index (χ2n) is 21.3. The van der Waals surface area contributed by atoms with E-state index in [0.29, 0.717) is 12.8 Å². The number of carbonyl (C=O) groups is 1. The fourth-order valence-electron chi connectivity index (χ4n) is 10.1. The van der Waals surface area contributed by atoms with Gasteiger partial charge in [0.05, 0.1) is 25.4 Å². The molecule has 418 valence electrons. The molecule has 12 nitrogen and oxygen atoms in total. The molecule has 0 aromatic heterocycles. The first-order chi connectivity index (χ1) is 34.0. The Labute approximate surface area is 430 Å². The van der Waals surface area contributed by atoms with Crippen molar-refractivity contribution < 1.29 is 51.8 Å². The van der Waals surface area contributed by atoms with E-state index in [2.05, 4.69) is 23.3 Å². The quantitative estimate of drug-likeness (QED) is 0.0251. The Morgan fingerprint density at radius 1 is 0.514 bits per heavy atom. The van der Waals surface area contributed by atoms with Gasteiger partial charge in [-0.2, -0.15) is 8.42 Å². The van der Waals surface area contributed by atoms with Crippen LogP contribution in [0.25, 0.3) is 0 Å². The number of hydrogen-bond acceptors (Lipinski definition) is 10. The zero-order chi connectivity index (χ0) is 51.2. The van der Waals surface area contributed by atoms with Gasteiger partial charge < -0.3 is 35.2 Å². The van der Waals surface area contributed by atoms with E-state index in [1.165, 1.54) is 225 Å². The molecule has 0 bridgehead atoms. The lowest BCUT2D eigenvalue weighted by molar-refractivity contribution is -0.298. The molecular formula is C57H113NO11S. The van der Waals surface area contributed by atoms with E-state index in [1.54, 1.807) is 0 Å². The van der Waals surface area contributed by atoms with Gasteiger partial charge in [-0.3, -0.25) is 9.35 Å². The van der Waals surface area contributed by atoms with E-state index < -0.39 is 59.9 Å². The fourth-order valence-corrected chi connectivity index (χ4v) is 10.6. The molecule has 0 saturated carbocycles. The first-order valence-electron chi connectivity index (χ1n) is 29.9. The van der Waals surface area contributed by atoms with E-state index in [4.69, 9.17) is 9.47 Å². The van der Waals surface area contributed by atoms with Crippen molar-refractivity contribution in [3.63, 3.8) is 0 Å². The van der Waals surface area contributed by atoms with Crippen LogP contribution in [-0.4, -0.2) is 95.4 Å². The van der Waals surface area contributed by atoms with E-state index in [-0.39, 0.29) is 12.5 Å². The first kappa shape index (κ1) is 67.1. The minimum Gasteiger partial charge on any atom is -0.394 e. The molecule has 0 aliphatic carbocycles. The standard InChI is InChI=1S/C57H113NO11S/c1-3-5-7-9-11-13-15-17-19-21-22-23-24-25-26-27-28-29-31-33-35-37-39-41-43-45-47-53(61)58-50(49-67-57-55(63)56(69-70(64,65)66)54(62)52(48-59)68-57)51(60)46-44-42-40-38-36-34-32-30-20-18-16-14-12-10-8-6-4-2/h50-52,54-57,59-60,62-63H,3-49H2,1-2H3,(H,58,61)(H,64,65,66). The van der Waals surface area contributed by atoms with Crippen LogP contribution in [0.1, 0.15) is 303 Å². The molecule has 0 radical (unpaired) electrons. The second-order valence-corrected chi connectivity index (χ2v) is 22.4. The first-order valence-corrected chi connectivity index (χ1v) is 31.3. The molecule has 0 aromatic rings. The lowest BCUT2D eigenvalue weighted by Crippen LogP contribution is -2.61. The number of rotatable bonds is 53. The van der Waals surface area contributed by atoms with Gasteiger partial charge in [-0.05, 0) is 12.8 Å². The maximum atomic E-state index is 13.2. The maximum absolute atomic E-state index is 13.2. The molecule has 7 atom stereocenters. The van der Waals surface area contributed by atoms with Crippen molar-refractivity contribution in [3.8, 4) is 0 Å². The van der Waals surface area contributed by atoms with E-state index in [0.717, 1.165) is 51.4 Å². The summed E-state index contributed by atoms with van der Waals surface area (Å²) in [6.07, 6.45) is 46.8. The maximum Gasteiger partial charge on any atom is 0.397 e. The Hall–Kier alpha value is -0.900. The minimum atomic E-state index is -5.08. The van der Waals surface area contributed by atoms with Crippen LogP contribution in [0.2, 0.25) is 0 Å². The highest BCUT2D eigenvalue weighted by Gasteiger charge is 2.48. The van der Waals surface area contributed by atoms with Crippen molar-refractivity contribution in [2.75, 3.05) is 13.2 Å². The van der Waals surface area contributed by atoms with Crippen molar-refractivity contribution in [2.24, 2.45) is 0 Å². The molecule has 1 amide bonds. The summed E-state index contributed by atoms with van der Waals surface area (Å²) in [6, 6.07) is -0.853. The SMILES string of the molecule is CCCCCCCCCCCCCCCCCCCCCCCCCCCCC(=O)NC(COC1OC(CO)C(O)C(OS(=O)(=O)O)C1O)C(O)CCCCCCCCCCCCCCCCCCC. The minimum absolute atomic E-state index is 0.222. The fraction of sp³-hybridized carbons (Fsp3) is 0.982. The second kappa shape index (κ2) is 47.8. The Morgan fingerprint density at radius 3 is 1.14 bits per heavy atom. The van der Waals surface area contributed by atoms with Crippen LogP contribution in [0.3, 0.4) is 0 Å².